The highest BCUT2D eigenvalue weighted by atomic mass is 35.5. The van der Waals surface area contributed by atoms with E-state index >= 15 is 0 Å². The molecule has 0 unspecified atom stereocenters. The largest absolute Gasteiger partial charge is 0.356 e. The van der Waals surface area contributed by atoms with E-state index in [2.05, 4.69) is 17.6 Å². The number of benzene rings is 1. The van der Waals surface area contributed by atoms with Crippen LogP contribution in [0.4, 0.5) is 0 Å². The van der Waals surface area contributed by atoms with Gasteiger partial charge in [0, 0.05) is 23.1 Å². The lowest BCUT2D eigenvalue weighted by molar-refractivity contribution is -0.129. The molecule has 2 amide bonds. The minimum absolute atomic E-state index is 0.138. The van der Waals surface area contributed by atoms with E-state index in [1.165, 1.54) is 0 Å². The van der Waals surface area contributed by atoms with Gasteiger partial charge in [0.15, 0.2) is 0 Å². The number of hydrogen-bond donors (Lipinski definition) is 2. The molecule has 122 valence electrons. The van der Waals surface area contributed by atoms with Crippen molar-refractivity contribution < 1.29 is 9.59 Å². The fourth-order valence-corrected chi connectivity index (χ4v) is 2.44. The van der Waals surface area contributed by atoms with Crippen LogP contribution in [0, 0.1) is 0 Å². The van der Waals surface area contributed by atoms with Gasteiger partial charge < -0.3 is 10.6 Å². The molecule has 1 aromatic carbocycles. The number of halogens is 2. The van der Waals surface area contributed by atoms with Gasteiger partial charge in [0.05, 0.1) is 0 Å². The van der Waals surface area contributed by atoms with Crippen molar-refractivity contribution >= 4 is 35.0 Å². The summed E-state index contributed by atoms with van der Waals surface area (Å²) in [7, 11) is 0. The van der Waals surface area contributed by atoms with Crippen molar-refractivity contribution in [3.05, 3.63) is 33.8 Å². The summed E-state index contributed by atoms with van der Waals surface area (Å²) >= 11 is 11.9. The van der Waals surface area contributed by atoms with Crippen molar-refractivity contribution in [1.29, 1.82) is 0 Å². The number of carbonyl (C=O) groups is 2. The van der Waals surface area contributed by atoms with Gasteiger partial charge in [0.1, 0.15) is 6.42 Å². The molecule has 22 heavy (non-hydrogen) atoms. The van der Waals surface area contributed by atoms with E-state index < -0.39 is 0 Å². The van der Waals surface area contributed by atoms with E-state index in [-0.39, 0.29) is 18.2 Å². The molecule has 0 aromatic heterocycles. The summed E-state index contributed by atoms with van der Waals surface area (Å²) in [4.78, 5) is 23.2. The Morgan fingerprint density at radius 1 is 1.05 bits per heavy atom. The Morgan fingerprint density at radius 3 is 2.36 bits per heavy atom. The van der Waals surface area contributed by atoms with Gasteiger partial charge in [-0.25, -0.2) is 0 Å². The monoisotopic (exact) mass is 344 g/mol. The quantitative estimate of drug-likeness (QED) is 0.533. The topological polar surface area (TPSA) is 58.2 Å². The van der Waals surface area contributed by atoms with Gasteiger partial charge >= 0.3 is 0 Å². The Labute approximate surface area is 141 Å². The van der Waals surface area contributed by atoms with E-state index in [4.69, 9.17) is 23.2 Å². The van der Waals surface area contributed by atoms with Crippen LogP contribution in [0.1, 0.15) is 38.2 Å². The van der Waals surface area contributed by atoms with Gasteiger partial charge in [-0.1, -0.05) is 49.0 Å². The lowest BCUT2D eigenvalue weighted by Gasteiger charge is -2.08. The second-order valence-corrected chi connectivity index (χ2v) is 5.91. The third-order valence-electron chi connectivity index (χ3n) is 3.16. The number of nitrogens with one attached hydrogen (secondary N) is 2. The number of unbranched alkanes of at least 4 members (excludes halogenated alkanes) is 2. The molecule has 0 aliphatic carbocycles. The lowest BCUT2D eigenvalue weighted by Crippen LogP contribution is -2.33. The molecule has 0 fully saturated rings. The Balaban J connectivity index is 2.21. The molecule has 0 aliphatic heterocycles. The Hall–Kier alpha value is -1.26. The molecule has 0 saturated heterocycles. The van der Waals surface area contributed by atoms with Gasteiger partial charge in [0.2, 0.25) is 11.8 Å². The van der Waals surface area contributed by atoms with Gasteiger partial charge in [-0.3, -0.25) is 9.59 Å². The molecule has 0 heterocycles. The van der Waals surface area contributed by atoms with Crippen LogP contribution in [0.3, 0.4) is 0 Å². The van der Waals surface area contributed by atoms with Crippen molar-refractivity contribution in [2.45, 2.75) is 39.0 Å². The van der Waals surface area contributed by atoms with E-state index in [1.54, 1.807) is 12.1 Å². The fourth-order valence-electron chi connectivity index (χ4n) is 1.93. The van der Waals surface area contributed by atoms with Crippen molar-refractivity contribution in [3.8, 4) is 0 Å². The SMILES string of the molecule is CCCCCNC(=O)CC(=O)NCCc1ccc(Cl)cc1Cl. The molecular weight excluding hydrogens is 323 g/mol. The highest BCUT2D eigenvalue weighted by Crippen LogP contribution is 2.20. The standard InChI is InChI=1S/C16H22Cl2N2O2/c1-2-3-4-8-19-15(21)11-16(22)20-9-7-12-5-6-13(17)10-14(12)18/h5-6,10H,2-4,7-9,11H2,1H3,(H,19,21)(H,20,22). The third-order valence-corrected chi connectivity index (χ3v) is 3.74. The molecule has 0 radical (unpaired) electrons. The highest BCUT2D eigenvalue weighted by molar-refractivity contribution is 6.35. The Kier molecular flexibility index (Phi) is 8.94. The molecule has 1 rings (SSSR count). The first-order valence-corrected chi connectivity index (χ1v) is 8.26. The summed E-state index contributed by atoms with van der Waals surface area (Å²) in [6.45, 7) is 3.16. The van der Waals surface area contributed by atoms with Gasteiger partial charge in [-0.2, -0.15) is 0 Å². The van der Waals surface area contributed by atoms with Crippen molar-refractivity contribution in [1.82, 2.24) is 10.6 Å². The van der Waals surface area contributed by atoms with E-state index in [9.17, 15) is 9.59 Å². The maximum atomic E-state index is 11.6. The molecule has 0 spiro atoms. The Morgan fingerprint density at radius 2 is 1.73 bits per heavy atom. The summed E-state index contributed by atoms with van der Waals surface area (Å²) in [6.07, 6.45) is 3.58. The number of carbonyl (C=O) groups excluding carboxylic acids is 2. The van der Waals surface area contributed by atoms with Crippen molar-refractivity contribution in [3.63, 3.8) is 0 Å². The van der Waals surface area contributed by atoms with Crippen LogP contribution in [0.2, 0.25) is 10.0 Å². The van der Waals surface area contributed by atoms with Crippen LogP contribution in [0.15, 0.2) is 18.2 Å². The summed E-state index contributed by atoms with van der Waals surface area (Å²) in [5.41, 5.74) is 0.912. The molecule has 0 atom stereocenters. The van der Waals surface area contributed by atoms with Crippen LogP contribution in [0.5, 0.6) is 0 Å². The van der Waals surface area contributed by atoms with E-state index in [1.807, 2.05) is 6.07 Å². The van der Waals surface area contributed by atoms with Crippen LogP contribution in [-0.2, 0) is 16.0 Å². The average Bonchev–Trinajstić information content (AvgIpc) is 2.46. The second kappa shape index (κ2) is 10.5. The maximum Gasteiger partial charge on any atom is 0.229 e. The molecule has 1 aromatic rings. The maximum absolute atomic E-state index is 11.6. The summed E-state index contributed by atoms with van der Waals surface area (Å²) in [6, 6.07) is 5.26. The van der Waals surface area contributed by atoms with E-state index in [0.717, 1.165) is 24.8 Å². The molecule has 4 nitrogen and oxygen atoms in total. The average molecular weight is 345 g/mol. The van der Waals surface area contributed by atoms with Gasteiger partial charge in [-0.15, -0.1) is 0 Å². The van der Waals surface area contributed by atoms with Crippen LogP contribution >= 0.6 is 23.2 Å². The third kappa shape index (κ3) is 7.66. The minimum Gasteiger partial charge on any atom is -0.356 e. The smallest absolute Gasteiger partial charge is 0.229 e. The summed E-state index contributed by atoms with van der Waals surface area (Å²) in [5.74, 6) is -0.517. The first-order chi connectivity index (χ1) is 10.5. The van der Waals surface area contributed by atoms with Crippen LogP contribution in [-0.4, -0.2) is 24.9 Å². The first-order valence-electron chi connectivity index (χ1n) is 7.50. The van der Waals surface area contributed by atoms with Crippen molar-refractivity contribution in [2.75, 3.05) is 13.1 Å². The van der Waals surface area contributed by atoms with Gasteiger partial charge in [-0.05, 0) is 30.5 Å². The lowest BCUT2D eigenvalue weighted by atomic mass is 10.1. The number of rotatable bonds is 9. The predicted octanol–water partition coefficient (Wildman–Crippen LogP) is 3.35. The van der Waals surface area contributed by atoms with Crippen LogP contribution < -0.4 is 10.6 Å². The fraction of sp³-hybridized carbons (Fsp3) is 0.500. The number of hydrogen-bond acceptors (Lipinski definition) is 2. The highest BCUT2D eigenvalue weighted by Gasteiger charge is 2.08. The second-order valence-electron chi connectivity index (χ2n) is 5.07. The molecule has 0 aliphatic rings. The van der Waals surface area contributed by atoms with E-state index in [0.29, 0.717) is 29.6 Å². The molecular formula is C16H22Cl2N2O2. The van der Waals surface area contributed by atoms with Crippen molar-refractivity contribution in [2.24, 2.45) is 0 Å². The first kappa shape index (κ1) is 18.8. The zero-order valence-corrected chi connectivity index (χ0v) is 14.3. The molecule has 0 bridgehead atoms. The summed E-state index contributed by atoms with van der Waals surface area (Å²) < 4.78 is 0. The predicted molar refractivity (Wildman–Crippen MR) is 90.3 cm³/mol. The molecule has 6 heteroatoms. The number of amides is 2. The zero-order chi connectivity index (χ0) is 16.4. The molecule has 0 saturated carbocycles. The minimum atomic E-state index is -0.280. The van der Waals surface area contributed by atoms with Crippen LogP contribution in [0.25, 0.3) is 0 Å². The summed E-state index contributed by atoms with van der Waals surface area (Å²) in [5, 5.41) is 6.61. The zero-order valence-electron chi connectivity index (χ0n) is 12.8. The Bertz CT molecular complexity index is 507. The van der Waals surface area contributed by atoms with Gasteiger partial charge in [0.25, 0.3) is 0 Å². The normalized spacial score (nSPS) is 10.3. The molecule has 2 N–H and O–H groups in total.